The average molecular weight is 501 g/mol. The van der Waals surface area contributed by atoms with E-state index in [2.05, 4.69) is 20.6 Å². The maximum absolute atomic E-state index is 12.8. The van der Waals surface area contributed by atoms with E-state index in [1.165, 1.54) is 11.8 Å². The van der Waals surface area contributed by atoms with Crippen molar-refractivity contribution in [3.63, 3.8) is 0 Å². The van der Waals surface area contributed by atoms with E-state index < -0.39 is 0 Å². The van der Waals surface area contributed by atoms with Crippen molar-refractivity contribution in [2.24, 2.45) is 5.92 Å². The molecule has 0 radical (unpaired) electrons. The summed E-state index contributed by atoms with van der Waals surface area (Å²) in [4.78, 5) is 21.7. The van der Waals surface area contributed by atoms with E-state index in [4.69, 9.17) is 23.2 Å². The lowest BCUT2D eigenvalue weighted by Crippen LogP contribution is -2.48. The molecule has 5 nitrogen and oxygen atoms in total. The first-order chi connectivity index (χ1) is 16.1. The van der Waals surface area contributed by atoms with Gasteiger partial charge in [-0.2, -0.15) is 0 Å². The normalized spacial score (nSPS) is 16.8. The Labute approximate surface area is 208 Å². The van der Waals surface area contributed by atoms with Gasteiger partial charge in [0.05, 0.1) is 15.8 Å². The number of amides is 1. The summed E-state index contributed by atoms with van der Waals surface area (Å²) in [6.45, 7) is 1.89. The second kappa shape index (κ2) is 11.8. The number of hydrogen-bond acceptors (Lipinski definition) is 5. The first-order valence-corrected chi connectivity index (χ1v) is 12.8. The van der Waals surface area contributed by atoms with Crippen LogP contribution in [0.15, 0.2) is 66.1 Å². The van der Waals surface area contributed by atoms with Crippen LogP contribution in [0.4, 0.5) is 0 Å². The predicted octanol–water partition coefficient (Wildman–Crippen LogP) is 5.27. The Morgan fingerprint density at radius 3 is 2.61 bits per heavy atom. The minimum Gasteiger partial charge on any atom is -0.352 e. The second-order valence-corrected chi connectivity index (χ2v) is 9.83. The zero-order chi connectivity index (χ0) is 23.0. The quantitative estimate of drug-likeness (QED) is 0.325. The van der Waals surface area contributed by atoms with Crippen molar-refractivity contribution in [3.8, 4) is 11.1 Å². The first-order valence-electron chi connectivity index (χ1n) is 11.0. The van der Waals surface area contributed by atoms with Crippen LogP contribution in [0.5, 0.6) is 0 Å². The number of hydrogen-bond donors (Lipinski definition) is 2. The maximum atomic E-state index is 12.8. The molecule has 1 fully saturated rings. The van der Waals surface area contributed by atoms with Gasteiger partial charge in [-0.3, -0.25) is 4.79 Å². The Balaban J connectivity index is 1.37. The Morgan fingerprint density at radius 2 is 1.88 bits per heavy atom. The Morgan fingerprint density at radius 1 is 1.09 bits per heavy atom. The zero-order valence-corrected chi connectivity index (χ0v) is 20.5. The SMILES string of the molecule is O=C(CSc1ncc(-c2ccccc2)cn1)NC(Cc1cccc(Cl)c1Cl)C1CCCNC1. The molecule has 1 amide bonds. The summed E-state index contributed by atoms with van der Waals surface area (Å²) in [6, 6.07) is 15.6. The van der Waals surface area contributed by atoms with Gasteiger partial charge in [-0.05, 0) is 55.5 Å². The topological polar surface area (TPSA) is 66.9 Å². The lowest BCUT2D eigenvalue weighted by Gasteiger charge is -2.32. The molecular weight excluding hydrogens is 475 g/mol. The predicted molar refractivity (Wildman–Crippen MR) is 136 cm³/mol. The minimum atomic E-state index is -0.0375. The highest BCUT2D eigenvalue weighted by atomic mass is 35.5. The molecule has 172 valence electrons. The molecule has 8 heteroatoms. The molecule has 2 unspecified atom stereocenters. The summed E-state index contributed by atoms with van der Waals surface area (Å²) in [7, 11) is 0. The number of carbonyl (C=O) groups is 1. The van der Waals surface area contributed by atoms with Crippen LogP contribution in [0, 0.1) is 5.92 Å². The highest BCUT2D eigenvalue weighted by Gasteiger charge is 2.26. The minimum absolute atomic E-state index is 0.0248. The summed E-state index contributed by atoms with van der Waals surface area (Å²) < 4.78 is 0. The van der Waals surface area contributed by atoms with Crippen molar-refractivity contribution in [1.82, 2.24) is 20.6 Å². The smallest absolute Gasteiger partial charge is 0.230 e. The summed E-state index contributed by atoms with van der Waals surface area (Å²) >= 11 is 14.0. The van der Waals surface area contributed by atoms with Gasteiger partial charge in [-0.1, -0.05) is 77.4 Å². The lowest BCUT2D eigenvalue weighted by molar-refractivity contribution is -0.119. The molecule has 4 rings (SSSR count). The molecule has 2 atom stereocenters. The molecule has 0 spiro atoms. The van der Waals surface area contributed by atoms with Crippen molar-refractivity contribution in [3.05, 3.63) is 76.5 Å². The lowest BCUT2D eigenvalue weighted by atomic mass is 9.87. The number of aromatic nitrogens is 2. The van der Waals surface area contributed by atoms with Gasteiger partial charge in [-0.15, -0.1) is 0 Å². The number of rotatable bonds is 8. The van der Waals surface area contributed by atoms with Crippen LogP contribution in [0.3, 0.4) is 0 Å². The van der Waals surface area contributed by atoms with Crippen LogP contribution in [-0.2, 0) is 11.2 Å². The highest BCUT2D eigenvalue weighted by Crippen LogP contribution is 2.28. The molecule has 1 aliphatic rings. The van der Waals surface area contributed by atoms with E-state index in [0.717, 1.165) is 42.6 Å². The molecule has 2 N–H and O–H groups in total. The summed E-state index contributed by atoms with van der Waals surface area (Å²) in [5, 5.41) is 8.35. The number of piperidine rings is 1. The zero-order valence-electron chi connectivity index (χ0n) is 18.1. The monoisotopic (exact) mass is 500 g/mol. The third-order valence-electron chi connectivity index (χ3n) is 5.79. The number of halogens is 2. The third kappa shape index (κ3) is 6.70. The van der Waals surface area contributed by atoms with Gasteiger partial charge in [0.2, 0.25) is 5.91 Å². The van der Waals surface area contributed by atoms with E-state index in [0.29, 0.717) is 27.5 Å². The summed E-state index contributed by atoms with van der Waals surface area (Å²) in [6.07, 6.45) is 6.38. The number of nitrogens with zero attached hydrogens (tertiary/aromatic N) is 2. The Bertz CT molecular complexity index is 1060. The molecule has 1 aromatic heterocycles. The van der Waals surface area contributed by atoms with Crippen molar-refractivity contribution >= 4 is 40.9 Å². The number of nitrogens with one attached hydrogen (secondary N) is 2. The molecule has 0 bridgehead atoms. The van der Waals surface area contributed by atoms with Crippen molar-refractivity contribution < 1.29 is 4.79 Å². The molecule has 3 aromatic rings. The average Bonchev–Trinajstić information content (AvgIpc) is 2.86. The van der Waals surface area contributed by atoms with Gasteiger partial charge < -0.3 is 10.6 Å². The molecule has 0 aliphatic carbocycles. The summed E-state index contributed by atoms with van der Waals surface area (Å²) in [5.74, 6) is 0.554. The first kappa shape index (κ1) is 24.0. The van der Waals surface area contributed by atoms with Crippen LogP contribution < -0.4 is 10.6 Å². The Kier molecular flexibility index (Phi) is 8.62. The van der Waals surface area contributed by atoms with E-state index in [-0.39, 0.29) is 17.7 Å². The molecule has 1 aliphatic heterocycles. The molecule has 0 saturated carbocycles. The van der Waals surface area contributed by atoms with Gasteiger partial charge in [0, 0.05) is 24.0 Å². The van der Waals surface area contributed by atoms with E-state index in [1.54, 1.807) is 18.5 Å². The fraction of sp³-hybridized carbons (Fsp3) is 0.320. The molecule has 2 heterocycles. The van der Waals surface area contributed by atoms with Crippen molar-refractivity contribution in [2.75, 3.05) is 18.8 Å². The van der Waals surface area contributed by atoms with Crippen LogP contribution >= 0.6 is 35.0 Å². The fourth-order valence-corrected chi connectivity index (χ4v) is 5.04. The van der Waals surface area contributed by atoms with Gasteiger partial charge in [0.25, 0.3) is 0 Å². The van der Waals surface area contributed by atoms with Gasteiger partial charge in [-0.25, -0.2) is 9.97 Å². The van der Waals surface area contributed by atoms with Gasteiger partial charge in [0.1, 0.15) is 0 Å². The standard InChI is InChI=1S/C25H26Cl2N4OS/c26-21-10-4-8-18(24(21)27)12-22(19-9-5-11-28-13-19)31-23(32)16-33-25-29-14-20(15-30-25)17-6-2-1-3-7-17/h1-4,6-8,10,14-15,19,22,28H,5,9,11-13,16H2,(H,31,32). The molecule has 1 saturated heterocycles. The van der Waals surface area contributed by atoms with E-state index in [1.807, 2.05) is 42.5 Å². The van der Waals surface area contributed by atoms with Crippen LogP contribution in [0.1, 0.15) is 18.4 Å². The van der Waals surface area contributed by atoms with Crippen LogP contribution in [0.25, 0.3) is 11.1 Å². The van der Waals surface area contributed by atoms with Crippen molar-refractivity contribution in [2.45, 2.75) is 30.5 Å². The fourth-order valence-electron chi connectivity index (χ4n) is 4.05. The largest absolute Gasteiger partial charge is 0.352 e. The number of carbonyl (C=O) groups excluding carboxylic acids is 1. The van der Waals surface area contributed by atoms with Crippen molar-refractivity contribution in [1.29, 1.82) is 0 Å². The molecule has 2 aromatic carbocycles. The summed E-state index contributed by atoms with van der Waals surface area (Å²) in [5.41, 5.74) is 2.97. The number of benzene rings is 2. The van der Waals surface area contributed by atoms with Gasteiger partial charge >= 0.3 is 0 Å². The van der Waals surface area contributed by atoms with E-state index >= 15 is 0 Å². The van der Waals surface area contributed by atoms with Crippen LogP contribution in [-0.4, -0.2) is 40.8 Å². The van der Waals surface area contributed by atoms with E-state index in [9.17, 15) is 4.79 Å². The Hall–Kier alpha value is -2.12. The molecular formula is C25H26Cl2N4OS. The maximum Gasteiger partial charge on any atom is 0.230 e. The third-order valence-corrected chi connectivity index (χ3v) is 7.52. The highest BCUT2D eigenvalue weighted by molar-refractivity contribution is 7.99. The second-order valence-electron chi connectivity index (χ2n) is 8.11. The number of thioether (sulfide) groups is 1. The van der Waals surface area contributed by atoms with Crippen LogP contribution in [0.2, 0.25) is 10.0 Å². The molecule has 33 heavy (non-hydrogen) atoms. The van der Waals surface area contributed by atoms with Gasteiger partial charge in [0.15, 0.2) is 5.16 Å².